The first kappa shape index (κ1) is 29.2. The van der Waals surface area contributed by atoms with E-state index in [2.05, 4.69) is 4.98 Å². The zero-order chi connectivity index (χ0) is 28.5. The topological polar surface area (TPSA) is 91.1 Å². The molecule has 0 bridgehead atoms. The lowest BCUT2D eigenvalue weighted by molar-refractivity contribution is -0.152. The molecule has 1 amide bonds. The van der Waals surface area contributed by atoms with Crippen molar-refractivity contribution in [2.24, 2.45) is 17.8 Å². The van der Waals surface area contributed by atoms with Gasteiger partial charge < -0.3 is 23.5 Å². The number of oxazole rings is 1. The maximum absolute atomic E-state index is 12.7. The van der Waals surface area contributed by atoms with E-state index in [1.54, 1.807) is 4.90 Å². The highest BCUT2D eigenvalue weighted by Gasteiger charge is 2.37. The average Bonchev–Trinajstić information content (AvgIpc) is 3.33. The monoisotopic (exact) mass is 548 g/mol. The van der Waals surface area contributed by atoms with Crippen LogP contribution in [0.5, 0.6) is 5.75 Å². The Kier molecular flexibility index (Phi) is 10.2. The predicted molar refractivity (Wildman–Crippen MR) is 152 cm³/mol. The van der Waals surface area contributed by atoms with Crippen molar-refractivity contribution < 1.29 is 28.2 Å². The third-order valence-corrected chi connectivity index (χ3v) is 7.06. The molecule has 1 aliphatic heterocycles. The summed E-state index contributed by atoms with van der Waals surface area (Å²) in [5.41, 5.74) is 2.91. The van der Waals surface area contributed by atoms with Crippen LogP contribution < -0.4 is 4.74 Å². The van der Waals surface area contributed by atoms with Crippen LogP contribution in [0.3, 0.4) is 0 Å². The number of nitrogens with zero attached hydrogens (tertiary/aromatic N) is 2. The summed E-state index contributed by atoms with van der Waals surface area (Å²) in [6.45, 7) is 9.90. The molecule has 1 aliphatic rings. The number of benzene rings is 2. The fourth-order valence-electron chi connectivity index (χ4n) is 4.95. The number of hydrogen-bond acceptors (Lipinski definition) is 7. The van der Waals surface area contributed by atoms with Gasteiger partial charge in [0, 0.05) is 25.1 Å². The van der Waals surface area contributed by atoms with Crippen LogP contribution >= 0.6 is 0 Å². The Morgan fingerprint density at radius 3 is 2.52 bits per heavy atom. The van der Waals surface area contributed by atoms with Crippen molar-refractivity contribution in [3.8, 4) is 17.2 Å². The molecule has 0 spiro atoms. The lowest BCUT2D eigenvalue weighted by Gasteiger charge is -2.37. The van der Waals surface area contributed by atoms with Gasteiger partial charge in [0.05, 0.1) is 31.4 Å². The Morgan fingerprint density at radius 1 is 1.07 bits per heavy atom. The molecule has 0 N–H and O–H groups in total. The van der Waals surface area contributed by atoms with Crippen molar-refractivity contribution in [1.29, 1.82) is 0 Å². The highest BCUT2D eigenvalue weighted by Crippen LogP contribution is 2.29. The third kappa shape index (κ3) is 7.87. The van der Waals surface area contributed by atoms with Crippen LogP contribution in [0.4, 0.5) is 4.79 Å². The summed E-state index contributed by atoms with van der Waals surface area (Å²) in [6, 6.07) is 17.8. The van der Waals surface area contributed by atoms with E-state index in [0.29, 0.717) is 58.1 Å². The molecular weight excluding hydrogens is 508 g/mol. The van der Waals surface area contributed by atoms with E-state index in [-0.39, 0.29) is 29.8 Å². The van der Waals surface area contributed by atoms with Gasteiger partial charge in [-0.3, -0.25) is 4.79 Å². The van der Waals surface area contributed by atoms with Gasteiger partial charge in [-0.1, -0.05) is 44.2 Å². The first-order valence-corrected chi connectivity index (χ1v) is 14.2. The van der Waals surface area contributed by atoms with Gasteiger partial charge >= 0.3 is 12.1 Å². The van der Waals surface area contributed by atoms with Gasteiger partial charge in [-0.2, -0.15) is 0 Å². The molecule has 2 aromatic carbocycles. The number of esters is 1. The van der Waals surface area contributed by atoms with Crippen molar-refractivity contribution in [3.63, 3.8) is 0 Å². The normalized spacial score (nSPS) is 17.1. The Morgan fingerprint density at radius 2 is 1.82 bits per heavy atom. The predicted octanol–water partition coefficient (Wildman–Crippen LogP) is 6.11. The van der Waals surface area contributed by atoms with Gasteiger partial charge in [0.2, 0.25) is 5.89 Å². The SMILES string of the molecule is CCOC(=O)C1CCN(C(=O)OCC(C)C)C[C@H]1Cc1ccc(OCCc2nc(-c3ccccc3)oc2C)cc1. The molecule has 1 fully saturated rings. The lowest BCUT2D eigenvalue weighted by atomic mass is 9.81. The summed E-state index contributed by atoms with van der Waals surface area (Å²) >= 11 is 0. The molecule has 2 atom stereocenters. The van der Waals surface area contributed by atoms with Gasteiger partial charge in [-0.05, 0) is 68.4 Å². The number of carbonyl (C=O) groups is 2. The van der Waals surface area contributed by atoms with Crippen LogP contribution in [0.2, 0.25) is 0 Å². The molecule has 8 heteroatoms. The largest absolute Gasteiger partial charge is 0.493 e. The molecule has 0 aliphatic carbocycles. The molecule has 2 heterocycles. The number of aromatic nitrogens is 1. The van der Waals surface area contributed by atoms with Gasteiger partial charge in [-0.25, -0.2) is 9.78 Å². The van der Waals surface area contributed by atoms with Gasteiger partial charge in [-0.15, -0.1) is 0 Å². The van der Waals surface area contributed by atoms with E-state index in [1.807, 2.05) is 82.3 Å². The van der Waals surface area contributed by atoms with E-state index >= 15 is 0 Å². The van der Waals surface area contributed by atoms with Crippen molar-refractivity contribution in [1.82, 2.24) is 9.88 Å². The van der Waals surface area contributed by atoms with Gasteiger partial charge in [0.1, 0.15) is 11.5 Å². The van der Waals surface area contributed by atoms with Crippen LogP contribution in [-0.4, -0.2) is 54.9 Å². The van der Waals surface area contributed by atoms with Crippen LogP contribution in [0.15, 0.2) is 59.0 Å². The zero-order valence-electron chi connectivity index (χ0n) is 23.9. The second kappa shape index (κ2) is 14.0. The smallest absolute Gasteiger partial charge is 0.409 e. The molecule has 214 valence electrons. The summed E-state index contributed by atoms with van der Waals surface area (Å²) < 4.78 is 22.6. The van der Waals surface area contributed by atoms with Crippen molar-refractivity contribution in [2.75, 3.05) is 32.9 Å². The number of carbonyl (C=O) groups excluding carboxylic acids is 2. The first-order chi connectivity index (χ1) is 19.3. The minimum Gasteiger partial charge on any atom is -0.493 e. The van der Waals surface area contributed by atoms with Crippen LogP contribution in [0.1, 0.15) is 44.2 Å². The molecule has 8 nitrogen and oxygen atoms in total. The van der Waals surface area contributed by atoms with Crippen molar-refractivity contribution in [3.05, 3.63) is 71.6 Å². The van der Waals surface area contributed by atoms with E-state index < -0.39 is 0 Å². The molecule has 40 heavy (non-hydrogen) atoms. The third-order valence-electron chi connectivity index (χ3n) is 7.06. The van der Waals surface area contributed by atoms with Crippen molar-refractivity contribution in [2.45, 2.75) is 47.0 Å². The van der Waals surface area contributed by atoms with E-state index in [9.17, 15) is 9.59 Å². The molecule has 3 aromatic rings. The van der Waals surface area contributed by atoms with E-state index in [4.69, 9.17) is 18.6 Å². The zero-order valence-corrected chi connectivity index (χ0v) is 23.9. The first-order valence-electron chi connectivity index (χ1n) is 14.2. The quantitative estimate of drug-likeness (QED) is 0.267. The number of amides is 1. The summed E-state index contributed by atoms with van der Waals surface area (Å²) in [4.78, 5) is 31.7. The molecule has 1 aromatic heterocycles. The molecule has 0 radical (unpaired) electrons. The van der Waals surface area contributed by atoms with Gasteiger partial charge in [0.15, 0.2) is 0 Å². The summed E-state index contributed by atoms with van der Waals surface area (Å²) in [5, 5.41) is 0. The number of aryl methyl sites for hydroxylation is 1. The number of ether oxygens (including phenoxy) is 3. The number of likely N-dealkylation sites (tertiary alicyclic amines) is 1. The van der Waals surface area contributed by atoms with Crippen LogP contribution in [0, 0.1) is 24.7 Å². The Bertz CT molecular complexity index is 1240. The molecule has 0 saturated carbocycles. The lowest BCUT2D eigenvalue weighted by Crippen LogP contribution is -2.47. The highest BCUT2D eigenvalue weighted by molar-refractivity contribution is 5.74. The Hall–Kier alpha value is -3.81. The summed E-state index contributed by atoms with van der Waals surface area (Å²) in [5.74, 6) is 1.94. The fourth-order valence-corrected chi connectivity index (χ4v) is 4.95. The molecule has 1 unspecified atom stereocenters. The minimum absolute atomic E-state index is 0.0554. The van der Waals surface area contributed by atoms with Crippen LogP contribution in [0.25, 0.3) is 11.5 Å². The second-order valence-corrected chi connectivity index (χ2v) is 10.7. The van der Waals surface area contributed by atoms with E-state index in [0.717, 1.165) is 28.3 Å². The van der Waals surface area contributed by atoms with Crippen LogP contribution in [-0.2, 0) is 27.1 Å². The van der Waals surface area contributed by atoms with Gasteiger partial charge in [0.25, 0.3) is 0 Å². The minimum atomic E-state index is -0.317. The number of hydrogen-bond donors (Lipinski definition) is 0. The second-order valence-electron chi connectivity index (χ2n) is 10.7. The Balaban J connectivity index is 1.33. The number of piperidine rings is 1. The highest BCUT2D eigenvalue weighted by atomic mass is 16.6. The number of rotatable bonds is 11. The summed E-state index contributed by atoms with van der Waals surface area (Å²) in [6.07, 6.45) is 1.53. The van der Waals surface area contributed by atoms with E-state index in [1.165, 1.54) is 0 Å². The molecule has 1 saturated heterocycles. The standard InChI is InChI=1S/C32H40N2O6/c1-5-37-31(35)28-15-17-34(32(36)39-21-22(2)3)20-26(28)19-24-11-13-27(14-12-24)38-18-16-29-23(4)40-30(33-29)25-9-7-6-8-10-25/h6-14,22,26,28H,5,15-21H2,1-4H3/t26-,28?/m1/s1. The summed E-state index contributed by atoms with van der Waals surface area (Å²) in [7, 11) is 0. The maximum Gasteiger partial charge on any atom is 0.409 e. The molecule has 4 rings (SSSR count). The maximum atomic E-state index is 12.7. The van der Waals surface area contributed by atoms with Crippen molar-refractivity contribution >= 4 is 12.1 Å². The average molecular weight is 549 g/mol. The fraction of sp³-hybridized carbons (Fsp3) is 0.469. The Labute approximate surface area is 236 Å². The molecular formula is C32H40N2O6.